The number of Topliss-reactive ketones (excluding diaryl/α,β-unsaturated/α-hetero) is 1. The quantitative estimate of drug-likeness (QED) is 0.497. The number of hydrogen-bond acceptors (Lipinski definition) is 4. The molecular formula is C25H35NO4. The van der Waals surface area contributed by atoms with Crippen LogP contribution < -0.4 is 0 Å². The summed E-state index contributed by atoms with van der Waals surface area (Å²) in [4.78, 5) is 40.9. The minimum atomic E-state index is -0.671. The van der Waals surface area contributed by atoms with Crippen LogP contribution in [0.2, 0.25) is 0 Å². The zero-order valence-corrected chi connectivity index (χ0v) is 18.9. The maximum Gasteiger partial charge on any atom is 0.310 e. The highest BCUT2D eigenvalue weighted by Crippen LogP contribution is 2.52. The SMILES string of the molecule is CC(C)[C@@H](C(=O)CCc1ccccc1)N1CC2(CCCC2C(=O)OC(C)(C)C)C1=O. The Morgan fingerprint density at radius 1 is 1.20 bits per heavy atom. The van der Waals surface area contributed by atoms with Gasteiger partial charge in [-0.15, -0.1) is 0 Å². The number of amides is 1. The van der Waals surface area contributed by atoms with Gasteiger partial charge in [0.05, 0.1) is 17.4 Å². The number of hydrogen-bond donors (Lipinski definition) is 0. The molecule has 1 saturated heterocycles. The summed E-state index contributed by atoms with van der Waals surface area (Å²) in [6, 6.07) is 9.52. The molecule has 1 aromatic rings. The predicted octanol–water partition coefficient (Wildman–Crippen LogP) is 4.18. The van der Waals surface area contributed by atoms with Gasteiger partial charge in [-0.1, -0.05) is 50.6 Å². The van der Waals surface area contributed by atoms with Crippen LogP contribution in [0.15, 0.2) is 30.3 Å². The summed E-state index contributed by atoms with van der Waals surface area (Å²) in [5.41, 5.74) is -0.114. The highest BCUT2D eigenvalue weighted by Gasteiger charge is 2.63. The number of nitrogens with zero attached hydrogens (tertiary/aromatic N) is 1. The Morgan fingerprint density at radius 3 is 2.43 bits per heavy atom. The number of ether oxygens (including phenoxy) is 1. The smallest absolute Gasteiger partial charge is 0.310 e. The van der Waals surface area contributed by atoms with Gasteiger partial charge in [-0.2, -0.15) is 0 Å². The lowest BCUT2D eigenvalue weighted by Gasteiger charge is -2.53. The molecular weight excluding hydrogens is 378 g/mol. The summed E-state index contributed by atoms with van der Waals surface area (Å²) in [5, 5.41) is 0. The molecule has 1 aliphatic carbocycles. The maximum absolute atomic E-state index is 13.4. The average Bonchev–Trinajstić information content (AvgIpc) is 3.12. The number of carbonyl (C=O) groups excluding carboxylic acids is 3. The van der Waals surface area contributed by atoms with Crippen molar-refractivity contribution in [3.63, 3.8) is 0 Å². The normalized spacial score (nSPS) is 24.8. The molecule has 0 bridgehead atoms. The van der Waals surface area contributed by atoms with Gasteiger partial charge in [0, 0.05) is 13.0 Å². The van der Waals surface area contributed by atoms with Crippen molar-refractivity contribution in [1.82, 2.24) is 4.90 Å². The fraction of sp³-hybridized carbons (Fsp3) is 0.640. The van der Waals surface area contributed by atoms with E-state index in [1.807, 2.05) is 65.0 Å². The zero-order chi connectivity index (χ0) is 22.1. The fourth-order valence-electron chi connectivity index (χ4n) is 5.06. The minimum absolute atomic E-state index is 0.0379. The number of benzene rings is 1. The molecule has 2 fully saturated rings. The summed E-state index contributed by atoms with van der Waals surface area (Å²) in [6.45, 7) is 10.0. The highest BCUT2D eigenvalue weighted by atomic mass is 16.6. The van der Waals surface area contributed by atoms with Gasteiger partial charge in [-0.25, -0.2) is 0 Å². The molecule has 1 spiro atoms. The van der Waals surface area contributed by atoms with Crippen LogP contribution in [0, 0.1) is 17.3 Å². The van der Waals surface area contributed by atoms with E-state index < -0.39 is 23.0 Å². The largest absolute Gasteiger partial charge is 0.460 e. The van der Waals surface area contributed by atoms with Crippen molar-refractivity contribution in [3.05, 3.63) is 35.9 Å². The first kappa shape index (κ1) is 22.5. The van der Waals surface area contributed by atoms with Crippen molar-refractivity contribution in [2.75, 3.05) is 6.54 Å². The number of β-lactam (4-membered cyclic amide) rings is 1. The first-order chi connectivity index (χ1) is 14.0. The lowest BCUT2D eigenvalue weighted by Crippen LogP contribution is -2.69. The van der Waals surface area contributed by atoms with Crippen LogP contribution in [0.1, 0.15) is 65.9 Å². The van der Waals surface area contributed by atoms with E-state index >= 15 is 0 Å². The standard InChI is InChI=1S/C25H35NO4/c1-17(2)21(20(27)14-13-18-10-7-6-8-11-18)26-16-25(23(26)29)15-9-12-19(25)22(28)30-24(3,4)5/h6-8,10-11,17,19,21H,9,12-16H2,1-5H3/t19?,21-,25?/m0/s1. The van der Waals surface area contributed by atoms with Crippen LogP contribution in [0.4, 0.5) is 0 Å². The van der Waals surface area contributed by atoms with E-state index in [1.165, 1.54) is 0 Å². The number of ketones is 1. The second-order valence-electron chi connectivity index (χ2n) is 10.2. The summed E-state index contributed by atoms with van der Waals surface area (Å²) >= 11 is 0. The number of esters is 1. The van der Waals surface area contributed by atoms with E-state index in [0.29, 0.717) is 32.2 Å². The Kier molecular flexibility index (Phi) is 6.40. The molecule has 0 radical (unpaired) electrons. The maximum atomic E-state index is 13.4. The third kappa shape index (κ3) is 4.45. The van der Waals surface area contributed by atoms with E-state index in [0.717, 1.165) is 12.0 Å². The molecule has 1 aromatic carbocycles. The van der Waals surface area contributed by atoms with E-state index in [1.54, 1.807) is 4.90 Å². The molecule has 164 valence electrons. The fourth-order valence-corrected chi connectivity index (χ4v) is 5.06. The first-order valence-electron chi connectivity index (χ1n) is 11.2. The average molecular weight is 414 g/mol. The van der Waals surface area contributed by atoms with E-state index in [2.05, 4.69) is 0 Å². The van der Waals surface area contributed by atoms with Crippen molar-refractivity contribution < 1.29 is 19.1 Å². The number of aryl methyl sites for hydroxylation is 1. The van der Waals surface area contributed by atoms with Gasteiger partial charge >= 0.3 is 5.97 Å². The van der Waals surface area contributed by atoms with Crippen molar-refractivity contribution in [3.8, 4) is 0 Å². The zero-order valence-electron chi connectivity index (χ0n) is 18.9. The van der Waals surface area contributed by atoms with Crippen molar-refractivity contribution in [1.29, 1.82) is 0 Å². The van der Waals surface area contributed by atoms with Gasteiger partial charge in [0.2, 0.25) is 5.91 Å². The lowest BCUT2D eigenvalue weighted by atomic mass is 9.68. The highest BCUT2D eigenvalue weighted by molar-refractivity contribution is 5.98. The summed E-state index contributed by atoms with van der Waals surface area (Å²) in [5.74, 6) is -0.570. The topological polar surface area (TPSA) is 63.7 Å². The molecule has 3 atom stereocenters. The molecule has 1 heterocycles. The molecule has 0 aromatic heterocycles. The number of likely N-dealkylation sites (tertiary alicyclic amines) is 1. The monoisotopic (exact) mass is 413 g/mol. The predicted molar refractivity (Wildman–Crippen MR) is 116 cm³/mol. The summed E-state index contributed by atoms with van der Waals surface area (Å²) in [6.07, 6.45) is 3.32. The van der Waals surface area contributed by atoms with Crippen LogP contribution >= 0.6 is 0 Å². The minimum Gasteiger partial charge on any atom is -0.460 e. The van der Waals surface area contributed by atoms with Gasteiger partial charge in [-0.3, -0.25) is 14.4 Å². The summed E-state index contributed by atoms with van der Waals surface area (Å²) in [7, 11) is 0. The molecule has 5 heteroatoms. The molecule has 2 unspecified atom stereocenters. The molecule has 1 saturated carbocycles. The lowest BCUT2D eigenvalue weighted by molar-refractivity contribution is -0.184. The molecule has 0 N–H and O–H groups in total. The van der Waals surface area contributed by atoms with Crippen molar-refractivity contribution in [2.24, 2.45) is 17.3 Å². The first-order valence-corrected chi connectivity index (χ1v) is 11.2. The second kappa shape index (κ2) is 8.52. The van der Waals surface area contributed by atoms with Crippen LogP contribution in [-0.4, -0.2) is 40.7 Å². The molecule has 1 amide bonds. The molecule has 2 aliphatic rings. The van der Waals surface area contributed by atoms with Gasteiger partial charge in [0.25, 0.3) is 0 Å². The Balaban J connectivity index is 1.69. The van der Waals surface area contributed by atoms with E-state index in [-0.39, 0.29) is 23.6 Å². The van der Waals surface area contributed by atoms with E-state index in [9.17, 15) is 14.4 Å². The Hall–Kier alpha value is -2.17. The van der Waals surface area contributed by atoms with Gasteiger partial charge < -0.3 is 9.64 Å². The molecule has 1 aliphatic heterocycles. The van der Waals surface area contributed by atoms with Crippen molar-refractivity contribution >= 4 is 17.7 Å². The second-order valence-corrected chi connectivity index (χ2v) is 10.2. The van der Waals surface area contributed by atoms with Crippen LogP contribution in [-0.2, 0) is 25.5 Å². The van der Waals surface area contributed by atoms with Crippen LogP contribution in [0.5, 0.6) is 0 Å². The third-order valence-electron chi connectivity index (χ3n) is 6.41. The molecule has 3 rings (SSSR count). The number of carbonyl (C=O) groups is 3. The summed E-state index contributed by atoms with van der Waals surface area (Å²) < 4.78 is 5.60. The molecule has 5 nitrogen and oxygen atoms in total. The Labute approximate surface area is 180 Å². The van der Waals surface area contributed by atoms with Crippen LogP contribution in [0.3, 0.4) is 0 Å². The third-order valence-corrected chi connectivity index (χ3v) is 6.41. The van der Waals surface area contributed by atoms with Crippen LogP contribution in [0.25, 0.3) is 0 Å². The molecule has 30 heavy (non-hydrogen) atoms. The van der Waals surface area contributed by atoms with Gasteiger partial charge in [-0.05, 0) is 51.5 Å². The Bertz CT molecular complexity index is 795. The Morgan fingerprint density at radius 2 is 1.87 bits per heavy atom. The van der Waals surface area contributed by atoms with E-state index in [4.69, 9.17) is 4.74 Å². The van der Waals surface area contributed by atoms with Crippen molar-refractivity contribution in [2.45, 2.75) is 78.4 Å². The van der Waals surface area contributed by atoms with Gasteiger partial charge in [0.1, 0.15) is 5.60 Å². The van der Waals surface area contributed by atoms with Gasteiger partial charge in [0.15, 0.2) is 5.78 Å². The number of rotatable bonds is 7.